The Bertz CT molecular complexity index is 232. The first-order valence-corrected chi connectivity index (χ1v) is 6.11. The zero-order valence-corrected chi connectivity index (χ0v) is 10.4. The van der Waals surface area contributed by atoms with Gasteiger partial charge in [-0.1, -0.05) is 25.8 Å². The van der Waals surface area contributed by atoms with E-state index in [1.165, 1.54) is 20.0 Å². The molecule has 1 aliphatic carbocycles. The number of carbonyl (C=O) groups is 1. The fraction of sp³-hybridized carbons (Fsp3) is 0.769. The maximum absolute atomic E-state index is 11.7. The van der Waals surface area contributed by atoms with Gasteiger partial charge in [0.2, 0.25) is 0 Å². The average Bonchev–Trinajstić information content (AvgIpc) is 2.31. The standard InChI is InChI=1S/C13H23NO2/c1-4-9-14-12(13(15)16-3)11-7-5-10(2)6-8-11/h4,10-12,14H,1,5-9H2,2-3H3. The maximum Gasteiger partial charge on any atom is 0.323 e. The fourth-order valence-electron chi connectivity index (χ4n) is 2.40. The number of rotatable bonds is 5. The van der Waals surface area contributed by atoms with Crippen molar-refractivity contribution < 1.29 is 9.53 Å². The van der Waals surface area contributed by atoms with Crippen LogP contribution in [0.1, 0.15) is 32.6 Å². The van der Waals surface area contributed by atoms with Crippen molar-refractivity contribution in [2.75, 3.05) is 13.7 Å². The molecular formula is C13H23NO2. The third kappa shape index (κ3) is 3.63. The molecule has 0 aliphatic heterocycles. The van der Waals surface area contributed by atoms with Crippen LogP contribution in [0.5, 0.6) is 0 Å². The lowest BCUT2D eigenvalue weighted by Gasteiger charge is -2.31. The van der Waals surface area contributed by atoms with E-state index in [0.29, 0.717) is 12.5 Å². The van der Waals surface area contributed by atoms with E-state index >= 15 is 0 Å². The summed E-state index contributed by atoms with van der Waals surface area (Å²) in [6.07, 6.45) is 6.44. The van der Waals surface area contributed by atoms with Crippen molar-refractivity contribution in [1.29, 1.82) is 0 Å². The minimum atomic E-state index is -0.157. The predicted octanol–water partition coefficient (Wildman–Crippen LogP) is 2.13. The van der Waals surface area contributed by atoms with Gasteiger partial charge in [0, 0.05) is 6.54 Å². The molecule has 0 aromatic rings. The van der Waals surface area contributed by atoms with E-state index in [-0.39, 0.29) is 12.0 Å². The molecular weight excluding hydrogens is 202 g/mol. The Balaban J connectivity index is 2.53. The molecule has 1 N–H and O–H groups in total. The van der Waals surface area contributed by atoms with Gasteiger partial charge in [0.05, 0.1) is 7.11 Å². The van der Waals surface area contributed by atoms with Crippen LogP contribution in [0.15, 0.2) is 12.7 Å². The summed E-state index contributed by atoms with van der Waals surface area (Å²) in [6, 6.07) is -0.157. The molecule has 16 heavy (non-hydrogen) atoms. The second-order valence-corrected chi connectivity index (χ2v) is 4.72. The highest BCUT2D eigenvalue weighted by atomic mass is 16.5. The van der Waals surface area contributed by atoms with Crippen LogP contribution in [0.3, 0.4) is 0 Å². The summed E-state index contributed by atoms with van der Waals surface area (Å²) in [7, 11) is 1.45. The molecule has 0 aromatic carbocycles. The second-order valence-electron chi connectivity index (χ2n) is 4.72. The molecule has 0 heterocycles. The van der Waals surface area contributed by atoms with E-state index in [4.69, 9.17) is 4.74 Å². The van der Waals surface area contributed by atoms with Crippen LogP contribution in [0.25, 0.3) is 0 Å². The van der Waals surface area contributed by atoms with Gasteiger partial charge in [-0.25, -0.2) is 0 Å². The van der Waals surface area contributed by atoms with Crippen molar-refractivity contribution in [1.82, 2.24) is 5.32 Å². The molecule has 92 valence electrons. The van der Waals surface area contributed by atoms with E-state index in [9.17, 15) is 4.79 Å². The first-order valence-electron chi connectivity index (χ1n) is 6.11. The van der Waals surface area contributed by atoms with Crippen molar-refractivity contribution in [3.05, 3.63) is 12.7 Å². The Morgan fingerprint density at radius 3 is 2.62 bits per heavy atom. The summed E-state index contributed by atoms with van der Waals surface area (Å²) in [5.74, 6) is 1.08. The van der Waals surface area contributed by atoms with Crippen LogP contribution in [-0.2, 0) is 9.53 Å². The molecule has 0 aromatic heterocycles. The molecule has 1 rings (SSSR count). The van der Waals surface area contributed by atoms with E-state index in [2.05, 4.69) is 18.8 Å². The number of hydrogen-bond donors (Lipinski definition) is 1. The van der Waals surface area contributed by atoms with Crippen LogP contribution < -0.4 is 5.32 Å². The first kappa shape index (κ1) is 13.2. The van der Waals surface area contributed by atoms with E-state index in [1.807, 2.05) is 0 Å². The molecule has 1 fully saturated rings. The minimum absolute atomic E-state index is 0.138. The Hall–Kier alpha value is -0.830. The molecule has 1 saturated carbocycles. The van der Waals surface area contributed by atoms with E-state index in [0.717, 1.165) is 18.8 Å². The zero-order chi connectivity index (χ0) is 12.0. The second kappa shape index (κ2) is 6.69. The van der Waals surface area contributed by atoms with Crippen LogP contribution in [-0.4, -0.2) is 25.7 Å². The zero-order valence-electron chi connectivity index (χ0n) is 10.4. The Kier molecular flexibility index (Phi) is 5.53. The van der Waals surface area contributed by atoms with Gasteiger partial charge < -0.3 is 10.1 Å². The van der Waals surface area contributed by atoms with Gasteiger partial charge in [-0.2, -0.15) is 0 Å². The van der Waals surface area contributed by atoms with E-state index in [1.54, 1.807) is 6.08 Å². The molecule has 0 saturated heterocycles. The third-order valence-electron chi connectivity index (χ3n) is 3.47. The van der Waals surface area contributed by atoms with Crippen LogP contribution in [0.2, 0.25) is 0 Å². The largest absolute Gasteiger partial charge is 0.468 e. The fourth-order valence-corrected chi connectivity index (χ4v) is 2.40. The van der Waals surface area contributed by atoms with Crippen LogP contribution >= 0.6 is 0 Å². The minimum Gasteiger partial charge on any atom is -0.468 e. The number of ether oxygens (including phenoxy) is 1. The molecule has 0 radical (unpaired) electrons. The quantitative estimate of drug-likeness (QED) is 0.575. The topological polar surface area (TPSA) is 38.3 Å². The molecule has 1 aliphatic rings. The lowest BCUT2D eigenvalue weighted by molar-refractivity contribution is -0.145. The van der Waals surface area contributed by atoms with E-state index < -0.39 is 0 Å². The summed E-state index contributed by atoms with van der Waals surface area (Å²) in [4.78, 5) is 11.7. The van der Waals surface area contributed by atoms with Gasteiger partial charge in [-0.15, -0.1) is 6.58 Å². The summed E-state index contributed by atoms with van der Waals surface area (Å²) in [5, 5.41) is 3.21. The molecule has 0 bridgehead atoms. The third-order valence-corrected chi connectivity index (χ3v) is 3.47. The van der Waals surface area contributed by atoms with Crippen LogP contribution in [0.4, 0.5) is 0 Å². The highest BCUT2D eigenvalue weighted by molar-refractivity contribution is 5.76. The predicted molar refractivity (Wildman–Crippen MR) is 65.1 cm³/mol. The Labute approximate surface area is 98.2 Å². The van der Waals surface area contributed by atoms with Crippen LogP contribution in [0, 0.1) is 11.8 Å². The van der Waals surface area contributed by atoms with Gasteiger partial charge in [-0.3, -0.25) is 4.79 Å². The number of methoxy groups -OCH3 is 1. The summed E-state index contributed by atoms with van der Waals surface area (Å²) >= 11 is 0. The molecule has 0 spiro atoms. The van der Waals surface area contributed by atoms with Gasteiger partial charge in [0.15, 0.2) is 0 Å². The summed E-state index contributed by atoms with van der Waals surface area (Å²) in [6.45, 7) is 6.60. The number of nitrogens with one attached hydrogen (secondary N) is 1. The molecule has 1 unspecified atom stereocenters. The lowest BCUT2D eigenvalue weighted by Crippen LogP contribution is -2.44. The van der Waals surface area contributed by atoms with Gasteiger partial charge in [0.1, 0.15) is 6.04 Å². The number of carbonyl (C=O) groups excluding carboxylic acids is 1. The highest BCUT2D eigenvalue weighted by Gasteiger charge is 2.31. The Morgan fingerprint density at radius 1 is 1.50 bits per heavy atom. The number of esters is 1. The SMILES string of the molecule is C=CCNC(C(=O)OC)C1CCC(C)CC1. The highest BCUT2D eigenvalue weighted by Crippen LogP contribution is 2.30. The maximum atomic E-state index is 11.7. The monoisotopic (exact) mass is 225 g/mol. The van der Waals surface area contributed by atoms with Crippen molar-refractivity contribution in [2.45, 2.75) is 38.6 Å². The van der Waals surface area contributed by atoms with Crippen molar-refractivity contribution >= 4 is 5.97 Å². The smallest absolute Gasteiger partial charge is 0.323 e. The molecule has 0 amide bonds. The number of hydrogen-bond acceptors (Lipinski definition) is 3. The summed E-state index contributed by atoms with van der Waals surface area (Å²) < 4.78 is 4.85. The molecule has 3 nitrogen and oxygen atoms in total. The average molecular weight is 225 g/mol. The Morgan fingerprint density at radius 2 is 2.12 bits per heavy atom. The van der Waals surface area contributed by atoms with Gasteiger partial charge >= 0.3 is 5.97 Å². The van der Waals surface area contributed by atoms with Crippen molar-refractivity contribution in [3.63, 3.8) is 0 Å². The first-order chi connectivity index (χ1) is 7.69. The normalized spacial score (nSPS) is 27.1. The van der Waals surface area contributed by atoms with Crippen molar-refractivity contribution in [3.8, 4) is 0 Å². The molecule has 1 atom stereocenters. The van der Waals surface area contributed by atoms with Gasteiger partial charge in [0.25, 0.3) is 0 Å². The molecule has 3 heteroatoms. The van der Waals surface area contributed by atoms with Gasteiger partial charge in [-0.05, 0) is 24.7 Å². The lowest BCUT2D eigenvalue weighted by atomic mass is 9.79. The van der Waals surface area contributed by atoms with Crippen molar-refractivity contribution in [2.24, 2.45) is 11.8 Å². The summed E-state index contributed by atoms with van der Waals surface area (Å²) in [5.41, 5.74) is 0.